The van der Waals surface area contributed by atoms with Gasteiger partial charge in [-0.05, 0) is 41.1 Å². The number of benzene rings is 1. The molecule has 0 saturated carbocycles. The summed E-state index contributed by atoms with van der Waals surface area (Å²) in [4.78, 5) is 11.9. The summed E-state index contributed by atoms with van der Waals surface area (Å²) in [6, 6.07) is 5.47. The number of carbonyl (C=O) groups is 1. The van der Waals surface area contributed by atoms with Crippen LogP contribution in [-0.4, -0.2) is 22.4 Å². The Morgan fingerprint density at radius 2 is 2.29 bits per heavy atom. The lowest BCUT2D eigenvalue weighted by molar-refractivity contribution is 0.0525. The van der Waals surface area contributed by atoms with Crippen molar-refractivity contribution in [3.8, 4) is 0 Å². The third-order valence-electron chi connectivity index (χ3n) is 2.93. The molecule has 0 fully saturated rings. The smallest absolute Gasteiger partial charge is 0.341 e. The molecule has 0 aliphatic heterocycles. The number of nitrogens with one attached hydrogen (secondary N) is 1. The van der Waals surface area contributed by atoms with E-state index in [1.165, 1.54) is 6.20 Å². The van der Waals surface area contributed by atoms with Crippen LogP contribution in [0.15, 0.2) is 28.9 Å². The van der Waals surface area contributed by atoms with Crippen LogP contribution in [0.5, 0.6) is 0 Å². The van der Waals surface area contributed by atoms with E-state index in [2.05, 4.69) is 26.3 Å². The summed E-state index contributed by atoms with van der Waals surface area (Å²) in [5.41, 5.74) is 2.11. The van der Waals surface area contributed by atoms with E-state index in [1.807, 2.05) is 6.07 Å². The summed E-state index contributed by atoms with van der Waals surface area (Å²) < 4.78 is 7.54. The molecular formula is C14H15BrClN3O2. The Hall–Kier alpha value is -1.53. The van der Waals surface area contributed by atoms with Crippen LogP contribution in [0.2, 0.25) is 5.02 Å². The topological polar surface area (TPSA) is 56.1 Å². The van der Waals surface area contributed by atoms with E-state index >= 15 is 0 Å². The molecule has 2 aromatic rings. The van der Waals surface area contributed by atoms with E-state index in [0.717, 1.165) is 15.9 Å². The molecule has 21 heavy (non-hydrogen) atoms. The molecule has 0 aliphatic rings. The molecule has 1 aromatic heterocycles. The minimum atomic E-state index is -0.363. The van der Waals surface area contributed by atoms with Crippen LogP contribution >= 0.6 is 27.5 Å². The van der Waals surface area contributed by atoms with Gasteiger partial charge in [-0.15, -0.1) is 0 Å². The molecule has 2 rings (SSSR count). The Morgan fingerprint density at radius 3 is 2.95 bits per heavy atom. The van der Waals surface area contributed by atoms with Gasteiger partial charge in [-0.3, -0.25) is 4.68 Å². The maximum Gasteiger partial charge on any atom is 0.341 e. The van der Waals surface area contributed by atoms with E-state index in [4.69, 9.17) is 16.3 Å². The van der Waals surface area contributed by atoms with E-state index < -0.39 is 0 Å². The zero-order valence-corrected chi connectivity index (χ0v) is 14.0. The van der Waals surface area contributed by atoms with Gasteiger partial charge in [-0.1, -0.05) is 11.6 Å². The van der Waals surface area contributed by atoms with Gasteiger partial charge in [0.1, 0.15) is 5.56 Å². The highest BCUT2D eigenvalue weighted by Crippen LogP contribution is 2.26. The van der Waals surface area contributed by atoms with Crippen molar-refractivity contribution < 1.29 is 9.53 Å². The number of hydrogen-bond acceptors (Lipinski definition) is 4. The third kappa shape index (κ3) is 3.77. The standard InChI is InChI=1S/C14H15BrClN3O2/c1-3-21-14(20)10-7-18-19(2)13(10)8-17-12-5-4-9(16)6-11(12)15/h4-7,17H,3,8H2,1-2H3. The molecular weight excluding hydrogens is 358 g/mol. The summed E-state index contributed by atoms with van der Waals surface area (Å²) >= 11 is 9.35. The molecule has 0 radical (unpaired) electrons. The van der Waals surface area contributed by atoms with Crippen LogP contribution in [-0.2, 0) is 18.3 Å². The number of aryl methyl sites for hydroxylation is 1. The van der Waals surface area contributed by atoms with E-state index in [0.29, 0.717) is 23.7 Å². The molecule has 1 N–H and O–H groups in total. The second-order valence-corrected chi connectivity index (χ2v) is 5.62. The number of anilines is 1. The van der Waals surface area contributed by atoms with Gasteiger partial charge in [0.15, 0.2) is 0 Å². The second-order valence-electron chi connectivity index (χ2n) is 4.33. The Morgan fingerprint density at radius 1 is 1.52 bits per heavy atom. The van der Waals surface area contributed by atoms with Gasteiger partial charge in [0.05, 0.1) is 25.0 Å². The predicted octanol–water partition coefficient (Wildman–Crippen LogP) is 3.62. The van der Waals surface area contributed by atoms with Gasteiger partial charge >= 0.3 is 5.97 Å². The Labute approximate surface area is 136 Å². The molecule has 0 saturated heterocycles. The molecule has 1 aromatic carbocycles. The molecule has 7 heteroatoms. The summed E-state index contributed by atoms with van der Waals surface area (Å²) in [5, 5.41) is 8.01. The highest BCUT2D eigenvalue weighted by Gasteiger charge is 2.17. The fourth-order valence-corrected chi connectivity index (χ4v) is 2.69. The first kappa shape index (κ1) is 15.9. The first-order chi connectivity index (χ1) is 10.0. The molecule has 5 nitrogen and oxygen atoms in total. The first-order valence-corrected chi connectivity index (χ1v) is 7.57. The van der Waals surface area contributed by atoms with Crippen molar-refractivity contribution in [1.29, 1.82) is 0 Å². The molecule has 0 spiro atoms. The number of hydrogen-bond donors (Lipinski definition) is 1. The lowest BCUT2D eigenvalue weighted by Gasteiger charge is -2.10. The monoisotopic (exact) mass is 371 g/mol. The van der Waals surface area contributed by atoms with Gasteiger partial charge in [0.25, 0.3) is 0 Å². The van der Waals surface area contributed by atoms with Gasteiger partial charge in [0.2, 0.25) is 0 Å². The molecule has 0 atom stereocenters. The Bertz CT molecular complexity index is 658. The fourth-order valence-electron chi connectivity index (χ4n) is 1.86. The van der Waals surface area contributed by atoms with Crippen molar-refractivity contribution in [3.05, 3.63) is 45.1 Å². The zero-order chi connectivity index (χ0) is 15.4. The molecule has 0 unspecified atom stereocenters. The molecule has 1 heterocycles. The second kappa shape index (κ2) is 6.95. The van der Waals surface area contributed by atoms with Crippen LogP contribution in [0.1, 0.15) is 23.0 Å². The van der Waals surface area contributed by atoms with Crippen molar-refractivity contribution in [2.75, 3.05) is 11.9 Å². The van der Waals surface area contributed by atoms with Crippen LogP contribution in [0, 0.1) is 0 Å². The van der Waals surface area contributed by atoms with Crippen LogP contribution < -0.4 is 5.32 Å². The number of halogens is 2. The molecule has 0 amide bonds. The first-order valence-electron chi connectivity index (χ1n) is 6.39. The normalized spacial score (nSPS) is 10.5. The highest BCUT2D eigenvalue weighted by atomic mass is 79.9. The van der Waals surface area contributed by atoms with Gasteiger partial charge in [-0.2, -0.15) is 5.10 Å². The van der Waals surface area contributed by atoms with Crippen molar-refractivity contribution in [2.24, 2.45) is 7.05 Å². The average Bonchev–Trinajstić information content (AvgIpc) is 2.79. The predicted molar refractivity (Wildman–Crippen MR) is 85.6 cm³/mol. The third-order valence-corrected chi connectivity index (χ3v) is 3.83. The number of ether oxygens (including phenoxy) is 1. The van der Waals surface area contributed by atoms with Gasteiger partial charge in [-0.25, -0.2) is 4.79 Å². The fraction of sp³-hybridized carbons (Fsp3) is 0.286. The number of esters is 1. The van der Waals surface area contributed by atoms with Crippen molar-refractivity contribution >= 4 is 39.2 Å². The minimum absolute atomic E-state index is 0.337. The number of aromatic nitrogens is 2. The van der Waals surface area contributed by atoms with Crippen LogP contribution in [0.25, 0.3) is 0 Å². The number of nitrogens with zero attached hydrogens (tertiary/aromatic N) is 2. The maximum atomic E-state index is 11.9. The van der Waals surface area contributed by atoms with Gasteiger partial charge in [0, 0.05) is 22.2 Å². The van der Waals surface area contributed by atoms with Crippen molar-refractivity contribution in [3.63, 3.8) is 0 Å². The molecule has 0 bridgehead atoms. The maximum absolute atomic E-state index is 11.9. The van der Waals surface area contributed by atoms with Crippen molar-refractivity contribution in [1.82, 2.24) is 9.78 Å². The number of rotatable bonds is 5. The quantitative estimate of drug-likeness (QED) is 0.814. The SMILES string of the molecule is CCOC(=O)c1cnn(C)c1CNc1ccc(Cl)cc1Br. The largest absolute Gasteiger partial charge is 0.462 e. The summed E-state index contributed by atoms with van der Waals surface area (Å²) in [6.07, 6.45) is 1.52. The summed E-state index contributed by atoms with van der Waals surface area (Å²) in [6.45, 7) is 2.56. The Balaban J connectivity index is 2.16. The summed E-state index contributed by atoms with van der Waals surface area (Å²) in [5.74, 6) is -0.363. The lowest BCUT2D eigenvalue weighted by Crippen LogP contribution is -2.12. The van der Waals surface area contributed by atoms with Crippen LogP contribution in [0.4, 0.5) is 5.69 Å². The minimum Gasteiger partial charge on any atom is -0.462 e. The van der Waals surface area contributed by atoms with Crippen molar-refractivity contribution in [2.45, 2.75) is 13.5 Å². The number of carbonyl (C=O) groups excluding carboxylic acids is 1. The van der Waals surface area contributed by atoms with E-state index in [9.17, 15) is 4.79 Å². The van der Waals surface area contributed by atoms with E-state index in [-0.39, 0.29) is 5.97 Å². The Kier molecular flexibility index (Phi) is 5.25. The zero-order valence-electron chi connectivity index (χ0n) is 11.7. The van der Waals surface area contributed by atoms with Gasteiger partial charge < -0.3 is 10.1 Å². The lowest BCUT2D eigenvalue weighted by atomic mass is 10.2. The average molecular weight is 373 g/mol. The summed E-state index contributed by atoms with van der Waals surface area (Å²) in [7, 11) is 1.79. The highest BCUT2D eigenvalue weighted by molar-refractivity contribution is 9.10. The van der Waals surface area contributed by atoms with Crippen LogP contribution in [0.3, 0.4) is 0 Å². The molecule has 112 valence electrons. The van der Waals surface area contributed by atoms with E-state index in [1.54, 1.807) is 30.8 Å². The molecule has 0 aliphatic carbocycles.